The second-order valence-corrected chi connectivity index (χ2v) is 5.18. The van der Waals surface area contributed by atoms with Gasteiger partial charge >= 0.3 is 0 Å². The molecule has 0 bridgehead atoms. The Bertz CT molecular complexity index is 1020. The molecule has 8 heteroatoms. The molecule has 4 rings (SSSR count). The number of hydrogen-bond acceptors (Lipinski definition) is 6. The van der Waals surface area contributed by atoms with Gasteiger partial charge in [-0.05, 0) is 25.1 Å². The smallest absolute Gasteiger partial charge is 0.277 e. The number of fused-ring (bicyclic) bond motifs is 1. The number of aromatic nitrogens is 5. The van der Waals surface area contributed by atoms with E-state index in [9.17, 15) is 4.79 Å². The molecule has 1 amide bonds. The van der Waals surface area contributed by atoms with Crippen LogP contribution in [0.25, 0.3) is 16.8 Å². The molecule has 8 nitrogen and oxygen atoms in total. The Kier molecular flexibility index (Phi) is 3.27. The van der Waals surface area contributed by atoms with Crippen LogP contribution >= 0.6 is 0 Å². The van der Waals surface area contributed by atoms with E-state index >= 15 is 0 Å². The van der Waals surface area contributed by atoms with E-state index in [0.717, 1.165) is 11.1 Å². The fourth-order valence-electron chi connectivity index (χ4n) is 2.28. The van der Waals surface area contributed by atoms with Crippen molar-refractivity contribution in [2.24, 2.45) is 0 Å². The Morgan fingerprint density at radius 3 is 2.92 bits per heavy atom. The molecule has 0 radical (unpaired) electrons. The third kappa shape index (κ3) is 2.50. The van der Waals surface area contributed by atoms with Crippen LogP contribution in [0.3, 0.4) is 0 Å². The summed E-state index contributed by atoms with van der Waals surface area (Å²) in [5.41, 5.74) is 2.71. The van der Waals surface area contributed by atoms with Gasteiger partial charge in [0.25, 0.3) is 11.6 Å². The molecule has 0 aliphatic heterocycles. The molecule has 0 aliphatic rings. The fraction of sp³-hybridized carbons (Fsp3) is 0.0625. The van der Waals surface area contributed by atoms with Crippen LogP contribution in [0.5, 0.6) is 0 Å². The number of hydrogen-bond donors (Lipinski definition) is 1. The first kappa shape index (κ1) is 14.1. The summed E-state index contributed by atoms with van der Waals surface area (Å²) in [5, 5.41) is 15.2. The summed E-state index contributed by atoms with van der Waals surface area (Å²) in [6.07, 6.45) is 3.08. The Morgan fingerprint density at radius 1 is 1.25 bits per heavy atom. The lowest BCUT2D eigenvalue weighted by molar-refractivity contribution is 0.102. The molecular weight excluding hydrogens is 308 g/mol. The lowest BCUT2D eigenvalue weighted by Gasteiger charge is -2.01. The highest BCUT2D eigenvalue weighted by Gasteiger charge is 2.13. The normalized spacial score (nSPS) is 10.9. The highest BCUT2D eigenvalue weighted by molar-refractivity contribution is 6.03. The SMILES string of the molecule is Cc1noc2ncc(NC(=O)c3cn(-c4ccccc4)nn3)cc12. The van der Waals surface area contributed by atoms with Gasteiger partial charge in [0.05, 0.1) is 34.8 Å². The molecule has 0 atom stereocenters. The minimum absolute atomic E-state index is 0.209. The predicted molar refractivity (Wildman–Crippen MR) is 85.9 cm³/mol. The first-order valence-corrected chi connectivity index (χ1v) is 7.22. The molecule has 4 aromatic rings. The van der Waals surface area contributed by atoms with Crippen molar-refractivity contribution in [3.8, 4) is 5.69 Å². The molecule has 0 fully saturated rings. The quantitative estimate of drug-likeness (QED) is 0.622. The zero-order chi connectivity index (χ0) is 16.5. The zero-order valence-electron chi connectivity index (χ0n) is 12.7. The fourth-order valence-corrected chi connectivity index (χ4v) is 2.28. The second-order valence-electron chi connectivity index (χ2n) is 5.18. The van der Waals surface area contributed by atoms with Gasteiger partial charge in [-0.2, -0.15) is 0 Å². The number of benzene rings is 1. The number of carbonyl (C=O) groups excluding carboxylic acids is 1. The standard InChI is InChI=1S/C16H12N6O2/c1-10-13-7-11(8-17-16(13)24-20-10)18-15(23)14-9-22(21-19-14)12-5-3-2-4-6-12/h2-9H,1H3,(H,18,23). The minimum Gasteiger partial charge on any atom is -0.336 e. The largest absolute Gasteiger partial charge is 0.336 e. The van der Waals surface area contributed by atoms with E-state index in [1.165, 1.54) is 6.20 Å². The summed E-state index contributed by atoms with van der Waals surface area (Å²) >= 11 is 0. The summed E-state index contributed by atoms with van der Waals surface area (Å²) in [6, 6.07) is 11.2. The zero-order valence-corrected chi connectivity index (χ0v) is 12.7. The molecule has 1 N–H and O–H groups in total. The van der Waals surface area contributed by atoms with Crippen molar-refractivity contribution < 1.29 is 9.32 Å². The van der Waals surface area contributed by atoms with Gasteiger partial charge in [-0.15, -0.1) is 5.10 Å². The van der Waals surface area contributed by atoms with E-state index in [1.54, 1.807) is 16.9 Å². The average molecular weight is 320 g/mol. The van der Waals surface area contributed by atoms with Crippen molar-refractivity contribution in [1.29, 1.82) is 0 Å². The molecule has 0 spiro atoms. The molecule has 0 aliphatic carbocycles. The molecule has 1 aromatic carbocycles. The third-order valence-corrected chi connectivity index (χ3v) is 3.51. The summed E-state index contributed by atoms with van der Waals surface area (Å²) in [6.45, 7) is 1.81. The van der Waals surface area contributed by atoms with Crippen LogP contribution < -0.4 is 5.32 Å². The van der Waals surface area contributed by atoms with Crippen LogP contribution in [0.2, 0.25) is 0 Å². The topological polar surface area (TPSA) is 98.7 Å². The van der Waals surface area contributed by atoms with E-state index in [1.807, 2.05) is 37.3 Å². The van der Waals surface area contributed by atoms with Gasteiger partial charge < -0.3 is 9.84 Å². The Morgan fingerprint density at radius 2 is 2.08 bits per heavy atom. The minimum atomic E-state index is -0.368. The first-order valence-electron chi connectivity index (χ1n) is 7.22. The maximum atomic E-state index is 12.3. The number of anilines is 1. The Balaban J connectivity index is 1.57. The van der Waals surface area contributed by atoms with Gasteiger partial charge in [-0.3, -0.25) is 4.79 Å². The van der Waals surface area contributed by atoms with Crippen LogP contribution in [0.15, 0.2) is 53.3 Å². The van der Waals surface area contributed by atoms with Crippen molar-refractivity contribution in [2.45, 2.75) is 6.92 Å². The molecule has 0 saturated carbocycles. The van der Waals surface area contributed by atoms with Crippen molar-refractivity contribution in [2.75, 3.05) is 5.32 Å². The number of amides is 1. The molecule has 118 valence electrons. The predicted octanol–water partition coefficient (Wildman–Crippen LogP) is 2.36. The van der Waals surface area contributed by atoms with Crippen molar-refractivity contribution in [3.05, 3.63) is 60.2 Å². The Labute approximate surface area is 136 Å². The van der Waals surface area contributed by atoms with Crippen LogP contribution in [0, 0.1) is 6.92 Å². The van der Waals surface area contributed by atoms with E-state index < -0.39 is 0 Å². The lowest BCUT2D eigenvalue weighted by Crippen LogP contribution is -2.12. The number of nitrogens with one attached hydrogen (secondary N) is 1. The van der Waals surface area contributed by atoms with E-state index in [2.05, 4.69) is 25.8 Å². The average Bonchev–Trinajstić information content (AvgIpc) is 3.24. The Hall–Kier alpha value is -3.55. The number of pyridine rings is 1. The lowest BCUT2D eigenvalue weighted by atomic mass is 10.2. The van der Waals surface area contributed by atoms with Gasteiger partial charge in [0.2, 0.25) is 0 Å². The van der Waals surface area contributed by atoms with Gasteiger partial charge in [-0.25, -0.2) is 9.67 Å². The van der Waals surface area contributed by atoms with Crippen LogP contribution in [-0.2, 0) is 0 Å². The van der Waals surface area contributed by atoms with Crippen molar-refractivity contribution in [1.82, 2.24) is 25.1 Å². The highest BCUT2D eigenvalue weighted by atomic mass is 16.5. The summed E-state index contributed by atoms with van der Waals surface area (Å²) in [4.78, 5) is 16.4. The monoisotopic (exact) mass is 320 g/mol. The maximum Gasteiger partial charge on any atom is 0.277 e. The van der Waals surface area contributed by atoms with Crippen LogP contribution in [-0.4, -0.2) is 31.0 Å². The molecular formula is C16H12N6O2. The number of rotatable bonds is 3. The van der Waals surface area contributed by atoms with Gasteiger partial charge in [0.15, 0.2) is 5.69 Å². The number of nitrogens with zero attached hydrogens (tertiary/aromatic N) is 5. The molecule has 3 heterocycles. The third-order valence-electron chi connectivity index (χ3n) is 3.51. The summed E-state index contributed by atoms with van der Waals surface area (Å²) < 4.78 is 6.59. The number of carbonyl (C=O) groups is 1. The number of aryl methyl sites for hydroxylation is 1. The molecule has 3 aromatic heterocycles. The van der Waals surface area contributed by atoms with Crippen molar-refractivity contribution >= 4 is 22.7 Å². The maximum absolute atomic E-state index is 12.3. The molecule has 0 unspecified atom stereocenters. The van der Waals surface area contributed by atoms with E-state index in [4.69, 9.17) is 4.52 Å². The first-order chi connectivity index (χ1) is 11.7. The number of para-hydroxylation sites is 1. The van der Waals surface area contributed by atoms with Gasteiger partial charge in [0, 0.05) is 0 Å². The van der Waals surface area contributed by atoms with Crippen LogP contribution in [0.4, 0.5) is 5.69 Å². The molecule has 0 saturated heterocycles. The van der Waals surface area contributed by atoms with Crippen molar-refractivity contribution in [3.63, 3.8) is 0 Å². The summed E-state index contributed by atoms with van der Waals surface area (Å²) in [5.74, 6) is -0.368. The van der Waals surface area contributed by atoms with E-state index in [-0.39, 0.29) is 11.6 Å². The van der Waals surface area contributed by atoms with Crippen LogP contribution in [0.1, 0.15) is 16.2 Å². The second kappa shape index (κ2) is 5.58. The molecule has 24 heavy (non-hydrogen) atoms. The summed E-state index contributed by atoms with van der Waals surface area (Å²) in [7, 11) is 0. The van der Waals surface area contributed by atoms with Gasteiger partial charge in [-0.1, -0.05) is 28.6 Å². The van der Waals surface area contributed by atoms with Gasteiger partial charge in [0.1, 0.15) is 0 Å². The van der Waals surface area contributed by atoms with E-state index in [0.29, 0.717) is 17.1 Å². The highest BCUT2D eigenvalue weighted by Crippen LogP contribution is 2.19.